The van der Waals surface area contributed by atoms with E-state index in [4.69, 9.17) is 23.6 Å². The quantitative estimate of drug-likeness (QED) is 0.0541. The first-order chi connectivity index (χ1) is 32.3. The molecule has 16 nitrogen and oxygen atoms in total. The maximum atomic E-state index is 11.8. The van der Waals surface area contributed by atoms with Gasteiger partial charge in [0.05, 0.1) is 51.6 Å². The fourth-order valence-corrected chi connectivity index (χ4v) is 9.44. The molecule has 67 heavy (non-hydrogen) atoms. The molecule has 0 amide bonds. The molecule has 0 saturated carbocycles. The van der Waals surface area contributed by atoms with Crippen molar-refractivity contribution in [2.24, 2.45) is 0 Å². The molecule has 17 heteroatoms. The van der Waals surface area contributed by atoms with Gasteiger partial charge < -0.3 is 28.4 Å². The maximum Gasteiger partial charge on any atom is 0.341 e. The molecule has 0 bridgehead atoms. The van der Waals surface area contributed by atoms with Crippen LogP contribution in [0.25, 0.3) is 5.57 Å². The van der Waals surface area contributed by atoms with Crippen LogP contribution < -0.4 is 0 Å². The van der Waals surface area contributed by atoms with Crippen LogP contribution in [-0.2, 0) is 72.7 Å². The SMILES string of the molecule is CCOC(=O)/C=C1\CCc2ncccc21.CCOC(=O)CC1CCc2ncccc21.CCOC(=O)CP(=O)(OCC)OCC.O=C(O)CC1CCc2ncccc21.O=C1CCc2ncccc21. The Balaban J connectivity index is 0.000000184. The highest BCUT2D eigenvalue weighted by Crippen LogP contribution is 2.47. The van der Waals surface area contributed by atoms with Crippen LogP contribution in [0.3, 0.4) is 0 Å². The normalized spacial score (nSPS) is 16.4. The van der Waals surface area contributed by atoms with Crippen molar-refractivity contribution in [3.63, 3.8) is 0 Å². The third-order valence-electron chi connectivity index (χ3n) is 10.8. The Morgan fingerprint density at radius 3 is 1.60 bits per heavy atom. The number of allylic oxidation sites excluding steroid dienone is 1. The van der Waals surface area contributed by atoms with Crippen molar-refractivity contribution in [1.82, 2.24) is 19.9 Å². The number of nitrogens with zero attached hydrogens (tertiary/aromatic N) is 4. The molecule has 2 unspecified atom stereocenters. The Morgan fingerprint density at radius 2 is 1.07 bits per heavy atom. The molecule has 4 aliphatic rings. The summed E-state index contributed by atoms with van der Waals surface area (Å²) in [4.78, 5) is 72.2. The fourth-order valence-electron chi connectivity index (χ4n) is 7.99. The minimum absolute atomic E-state index is 0.0980. The second kappa shape index (κ2) is 28.3. The van der Waals surface area contributed by atoms with Gasteiger partial charge in [-0.15, -0.1) is 0 Å². The van der Waals surface area contributed by atoms with Crippen molar-refractivity contribution < 1.29 is 56.9 Å². The molecular weight excluding hydrogens is 880 g/mol. The topological polar surface area (TPSA) is 220 Å². The molecule has 4 heterocycles. The Labute approximate surface area is 392 Å². The van der Waals surface area contributed by atoms with Gasteiger partial charge in [-0.1, -0.05) is 18.2 Å². The third kappa shape index (κ3) is 17.3. The molecule has 0 aromatic carbocycles. The number of ketones is 1. The van der Waals surface area contributed by atoms with Gasteiger partial charge in [-0.25, -0.2) is 4.79 Å². The number of aryl methyl sites for hydroxylation is 4. The van der Waals surface area contributed by atoms with Gasteiger partial charge >= 0.3 is 31.5 Å². The molecule has 360 valence electrons. The molecule has 0 radical (unpaired) electrons. The summed E-state index contributed by atoms with van der Waals surface area (Å²) in [5.41, 5.74) is 9.57. The van der Waals surface area contributed by atoms with Crippen LogP contribution in [-0.4, -0.2) is 93.9 Å². The van der Waals surface area contributed by atoms with E-state index in [9.17, 15) is 28.5 Å². The lowest BCUT2D eigenvalue weighted by atomic mass is 9.99. The molecule has 2 atom stereocenters. The number of Topliss-reactive ketones (excluding diaryl/α,β-unsaturated/α-hetero) is 1. The van der Waals surface area contributed by atoms with Crippen molar-refractivity contribution in [2.45, 2.75) is 111 Å². The average Bonchev–Trinajstić information content (AvgIpc) is 4.11. The van der Waals surface area contributed by atoms with Crippen molar-refractivity contribution >= 4 is 42.8 Å². The van der Waals surface area contributed by atoms with E-state index in [1.807, 2.05) is 55.6 Å². The van der Waals surface area contributed by atoms with Gasteiger partial charge in [0.25, 0.3) is 0 Å². The van der Waals surface area contributed by atoms with Crippen molar-refractivity contribution in [3.8, 4) is 0 Å². The number of carbonyl (C=O) groups is 5. The first-order valence-electron chi connectivity index (χ1n) is 22.9. The lowest BCUT2D eigenvalue weighted by Gasteiger charge is -2.15. The predicted octanol–water partition coefficient (Wildman–Crippen LogP) is 8.65. The van der Waals surface area contributed by atoms with E-state index >= 15 is 0 Å². The number of carbonyl (C=O) groups excluding carboxylic acids is 4. The van der Waals surface area contributed by atoms with E-state index in [1.54, 1.807) is 52.4 Å². The van der Waals surface area contributed by atoms with Crippen molar-refractivity contribution in [2.75, 3.05) is 39.2 Å². The Morgan fingerprint density at radius 1 is 0.597 bits per heavy atom. The summed E-state index contributed by atoms with van der Waals surface area (Å²) in [7, 11) is -3.28. The molecule has 0 spiro atoms. The van der Waals surface area contributed by atoms with Crippen molar-refractivity contribution in [3.05, 3.63) is 124 Å². The van der Waals surface area contributed by atoms with Crippen LogP contribution >= 0.6 is 7.60 Å². The first-order valence-corrected chi connectivity index (χ1v) is 24.6. The lowest BCUT2D eigenvalue weighted by Crippen LogP contribution is -2.12. The minimum Gasteiger partial charge on any atom is -0.481 e. The van der Waals surface area contributed by atoms with Crippen LogP contribution in [0.5, 0.6) is 0 Å². The molecule has 8 rings (SSSR count). The number of fused-ring (bicyclic) bond motifs is 4. The molecule has 1 N–H and O–H groups in total. The summed E-state index contributed by atoms with van der Waals surface area (Å²) in [6.07, 6.45) is 16.2. The van der Waals surface area contributed by atoms with Crippen molar-refractivity contribution in [1.29, 1.82) is 0 Å². The predicted molar refractivity (Wildman–Crippen MR) is 251 cm³/mol. The number of carboxylic acids is 1. The zero-order valence-electron chi connectivity index (χ0n) is 39.1. The van der Waals surface area contributed by atoms with E-state index in [0.29, 0.717) is 32.0 Å². The number of hydrogen-bond donors (Lipinski definition) is 1. The highest BCUT2D eigenvalue weighted by Gasteiger charge is 2.29. The van der Waals surface area contributed by atoms with E-state index in [1.165, 1.54) is 5.56 Å². The van der Waals surface area contributed by atoms with Gasteiger partial charge in [-0.3, -0.25) is 43.7 Å². The van der Waals surface area contributed by atoms with Gasteiger partial charge in [0.1, 0.15) is 6.16 Å². The maximum absolute atomic E-state index is 11.8. The summed E-state index contributed by atoms with van der Waals surface area (Å²) < 4.78 is 36.1. The van der Waals surface area contributed by atoms with Crippen LogP contribution in [0.4, 0.5) is 0 Å². The Bertz CT molecular complexity index is 2340. The summed E-state index contributed by atoms with van der Waals surface area (Å²) in [6.45, 7) is 10.3. The van der Waals surface area contributed by atoms with Crippen LogP contribution in [0.15, 0.2) is 79.4 Å². The second-order valence-electron chi connectivity index (χ2n) is 15.4. The standard InChI is InChI=1S/C12H15NO2.C12H13NO2.C10H11NO2.C8H7NO.C8H17O5P/c2*1-2-15-12(14)8-9-5-6-11-10(9)4-3-7-13-11;12-10(13)6-7-3-4-9-8(7)2-1-5-11-9;10-8-4-3-7-6(8)2-1-5-9-7;1-4-11-8(9)7-14(10,12-5-2)13-6-3/h3-4,7,9H,2,5-6,8H2,1H3;3-4,7-8H,2,5-6H2,1H3;1-2,5,7H,3-4,6H2,(H,12,13);1-2,5H,3-4H2;4-7H2,1-3H3/b;9-8+;;;. The lowest BCUT2D eigenvalue weighted by molar-refractivity contribution is -0.144. The number of ether oxygens (including phenoxy) is 3. The number of pyridine rings is 4. The van der Waals surface area contributed by atoms with E-state index in [0.717, 1.165) is 90.0 Å². The molecule has 4 aliphatic carbocycles. The largest absolute Gasteiger partial charge is 0.481 e. The molecule has 0 aliphatic heterocycles. The smallest absolute Gasteiger partial charge is 0.341 e. The fraction of sp³-hybridized carbons (Fsp3) is 0.460. The summed E-state index contributed by atoms with van der Waals surface area (Å²) in [5, 5.41) is 8.68. The minimum atomic E-state index is -3.28. The molecule has 0 fully saturated rings. The van der Waals surface area contributed by atoms with E-state index in [2.05, 4.69) is 30.7 Å². The number of aliphatic carboxylic acids is 1. The average molecular weight is 943 g/mol. The zero-order valence-corrected chi connectivity index (χ0v) is 40.0. The number of aromatic nitrogens is 4. The van der Waals surface area contributed by atoms with E-state index < -0.39 is 19.5 Å². The van der Waals surface area contributed by atoms with Crippen LogP contribution in [0.2, 0.25) is 0 Å². The molecule has 4 aromatic heterocycles. The molecular formula is C50H63N4O12P. The summed E-state index contributed by atoms with van der Waals surface area (Å²) in [5.74, 6) is -0.903. The van der Waals surface area contributed by atoms with Gasteiger partial charge in [-0.2, -0.15) is 0 Å². The van der Waals surface area contributed by atoms with Crippen LogP contribution in [0, 0.1) is 0 Å². The van der Waals surface area contributed by atoms with Gasteiger partial charge in [0.2, 0.25) is 0 Å². The number of hydrogen-bond acceptors (Lipinski definition) is 15. The third-order valence-corrected chi connectivity index (χ3v) is 12.8. The summed E-state index contributed by atoms with van der Waals surface area (Å²) in [6, 6.07) is 15.4. The summed E-state index contributed by atoms with van der Waals surface area (Å²) >= 11 is 0. The van der Waals surface area contributed by atoms with E-state index in [-0.39, 0.29) is 56.0 Å². The Kier molecular flexibility index (Phi) is 22.6. The van der Waals surface area contributed by atoms with Gasteiger partial charge in [-0.05, 0) is 144 Å². The first kappa shape index (κ1) is 53.7. The molecule has 4 aromatic rings. The Hall–Kier alpha value is -5.96. The monoisotopic (exact) mass is 942 g/mol. The van der Waals surface area contributed by atoms with Crippen LogP contribution in [0.1, 0.15) is 135 Å². The highest BCUT2D eigenvalue weighted by atomic mass is 31.2. The number of carboxylic acid groups (broad SMARTS) is 1. The van der Waals surface area contributed by atoms with Gasteiger partial charge in [0.15, 0.2) is 5.78 Å². The van der Waals surface area contributed by atoms with Gasteiger partial charge in [0, 0.05) is 59.9 Å². The molecule has 0 saturated heterocycles. The zero-order chi connectivity index (χ0) is 48.6. The number of rotatable bonds is 14. The highest BCUT2D eigenvalue weighted by molar-refractivity contribution is 7.54. The number of esters is 3. The second-order valence-corrected chi connectivity index (χ2v) is 17.5.